The van der Waals surface area contributed by atoms with Crippen molar-refractivity contribution in [2.24, 2.45) is 0 Å². The number of rotatable bonds is 11. The first kappa shape index (κ1) is 23.7. The predicted molar refractivity (Wildman–Crippen MR) is 118 cm³/mol. The number of ether oxygens (including phenoxy) is 2. The summed E-state index contributed by atoms with van der Waals surface area (Å²) in [5.41, 5.74) is 5.65. The molecular formula is C23H29N3O5. The van der Waals surface area contributed by atoms with Crippen molar-refractivity contribution in [2.45, 2.75) is 39.5 Å². The molecule has 2 aromatic rings. The molecule has 8 nitrogen and oxygen atoms in total. The molecule has 0 aliphatic rings. The van der Waals surface area contributed by atoms with Crippen LogP contribution in [0.1, 0.15) is 49.9 Å². The molecule has 0 heterocycles. The van der Waals surface area contributed by atoms with E-state index in [4.69, 9.17) is 9.47 Å². The van der Waals surface area contributed by atoms with E-state index in [2.05, 4.69) is 23.1 Å². The Kier molecular flexibility index (Phi) is 9.87. The summed E-state index contributed by atoms with van der Waals surface area (Å²) in [5, 5.41) is 2.71. The van der Waals surface area contributed by atoms with E-state index in [1.807, 2.05) is 6.92 Å². The van der Waals surface area contributed by atoms with Gasteiger partial charge in [0.15, 0.2) is 0 Å². The molecule has 0 spiro atoms. The fourth-order valence-electron chi connectivity index (χ4n) is 2.55. The monoisotopic (exact) mass is 427 g/mol. The van der Waals surface area contributed by atoms with Crippen LogP contribution >= 0.6 is 0 Å². The van der Waals surface area contributed by atoms with Crippen LogP contribution in [0.5, 0.6) is 11.5 Å². The zero-order chi connectivity index (χ0) is 22.5. The lowest BCUT2D eigenvalue weighted by Crippen LogP contribution is -2.41. The summed E-state index contributed by atoms with van der Waals surface area (Å²) < 4.78 is 10.9. The van der Waals surface area contributed by atoms with E-state index < -0.39 is 11.8 Å². The second kappa shape index (κ2) is 12.9. The number of carbonyl (C=O) groups excluding carboxylic acids is 3. The first-order valence-electron chi connectivity index (χ1n) is 10.4. The van der Waals surface area contributed by atoms with Gasteiger partial charge in [0.1, 0.15) is 11.5 Å². The molecule has 31 heavy (non-hydrogen) atoms. The van der Waals surface area contributed by atoms with Gasteiger partial charge in [-0.25, -0.2) is 0 Å². The van der Waals surface area contributed by atoms with E-state index in [-0.39, 0.29) is 18.7 Å². The summed E-state index contributed by atoms with van der Waals surface area (Å²) in [7, 11) is 0. The van der Waals surface area contributed by atoms with E-state index in [9.17, 15) is 14.4 Å². The maximum absolute atomic E-state index is 12.1. The largest absolute Gasteiger partial charge is 0.494 e. The van der Waals surface area contributed by atoms with Gasteiger partial charge in [0.25, 0.3) is 5.91 Å². The third-order valence-electron chi connectivity index (χ3n) is 4.23. The Balaban J connectivity index is 1.68. The molecule has 3 N–H and O–H groups in total. The van der Waals surface area contributed by atoms with Crippen LogP contribution in [-0.2, 0) is 9.59 Å². The third-order valence-corrected chi connectivity index (χ3v) is 4.23. The molecule has 0 aliphatic carbocycles. The second-order valence-corrected chi connectivity index (χ2v) is 6.73. The van der Waals surface area contributed by atoms with Gasteiger partial charge in [0, 0.05) is 24.1 Å². The highest BCUT2D eigenvalue weighted by Crippen LogP contribution is 2.16. The van der Waals surface area contributed by atoms with E-state index in [0.29, 0.717) is 36.0 Å². The van der Waals surface area contributed by atoms with Crippen LogP contribution in [0.4, 0.5) is 5.69 Å². The third kappa shape index (κ3) is 8.77. The molecule has 2 rings (SSSR count). The number of hydrogen-bond donors (Lipinski definition) is 3. The molecule has 3 amide bonds. The summed E-state index contributed by atoms with van der Waals surface area (Å²) >= 11 is 0. The molecule has 0 radical (unpaired) electrons. The Labute approximate surface area is 182 Å². The number of amides is 3. The molecule has 0 saturated carbocycles. The van der Waals surface area contributed by atoms with E-state index >= 15 is 0 Å². The molecule has 2 aromatic carbocycles. The van der Waals surface area contributed by atoms with E-state index in [1.165, 1.54) is 0 Å². The highest BCUT2D eigenvalue weighted by molar-refractivity contribution is 5.96. The minimum absolute atomic E-state index is 0.0152. The number of unbranched alkanes of at least 4 members (excludes halogenated alkanes) is 1. The minimum atomic E-state index is -0.463. The van der Waals surface area contributed by atoms with Gasteiger partial charge in [0.05, 0.1) is 13.2 Å². The Morgan fingerprint density at radius 2 is 1.39 bits per heavy atom. The molecule has 0 atom stereocenters. The van der Waals surface area contributed by atoms with Gasteiger partial charge in [-0.05, 0) is 61.9 Å². The van der Waals surface area contributed by atoms with Crippen molar-refractivity contribution >= 4 is 23.4 Å². The standard InChI is InChI=1S/C23H29N3O5/c1-3-5-16-31-20-10-6-17(7-11-20)23(29)26-25-22(28)15-14-21(27)24-18-8-12-19(13-9-18)30-4-2/h6-13H,3-5,14-16H2,1-2H3,(H,24,27)(H,25,28)(H,26,29). The Morgan fingerprint density at radius 1 is 0.774 bits per heavy atom. The van der Waals surface area contributed by atoms with E-state index in [1.54, 1.807) is 48.5 Å². The van der Waals surface area contributed by atoms with Crippen molar-refractivity contribution in [3.63, 3.8) is 0 Å². The molecule has 166 valence electrons. The lowest BCUT2D eigenvalue weighted by molar-refractivity contribution is -0.124. The molecule has 8 heteroatoms. The van der Waals surface area contributed by atoms with Gasteiger partial charge in [-0.3, -0.25) is 25.2 Å². The normalized spacial score (nSPS) is 10.1. The summed E-state index contributed by atoms with van der Waals surface area (Å²) in [4.78, 5) is 36.0. The Hall–Kier alpha value is -3.55. The Bertz CT molecular complexity index is 851. The lowest BCUT2D eigenvalue weighted by Gasteiger charge is -2.09. The van der Waals surface area contributed by atoms with Crippen LogP contribution in [0, 0.1) is 0 Å². The summed E-state index contributed by atoms with van der Waals surface area (Å²) in [6.45, 7) is 5.17. The zero-order valence-corrected chi connectivity index (χ0v) is 17.9. The van der Waals surface area contributed by atoms with Crippen molar-refractivity contribution in [3.8, 4) is 11.5 Å². The van der Waals surface area contributed by atoms with Crippen molar-refractivity contribution < 1.29 is 23.9 Å². The number of anilines is 1. The smallest absolute Gasteiger partial charge is 0.269 e. The molecule has 0 unspecified atom stereocenters. The summed E-state index contributed by atoms with van der Waals surface area (Å²) in [6.07, 6.45) is 1.93. The first-order chi connectivity index (χ1) is 15.0. The molecule has 0 fully saturated rings. The lowest BCUT2D eigenvalue weighted by atomic mass is 10.2. The number of hydrazine groups is 1. The van der Waals surface area contributed by atoms with Crippen LogP contribution in [0.25, 0.3) is 0 Å². The molecule has 0 saturated heterocycles. The topological polar surface area (TPSA) is 106 Å². The van der Waals surface area contributed by atoms with Crippen LogP contribution in [0.15, 0.2) is 48.5 Å². The first-order valence-corrected chi connectivity index (χ1v) is 10.4. The quantitative estimate of drug-likeness (QED) is 0.376. The average molecular weight is 428 g/mol. The van der Waals surface area contributed by atoms with Crippen LogP contribution < -0.4 is 25.6 Å². The van der Waals surface area contributed by atoms with Crippen molar-refractivity contribution in [1.82, 2.24) is 10.9 Å². The minimum Gasteiger partial charge on any atom is -0.494 e. The number of hydrogen-bond acceptors (Lipinski definition) is 5. The SMILES string of the molecule is CCCCOc1ccc(C(=O)NNC(=O)CCC(=O)Nc2ccc(OCC)cc2)cc1. The Morgan fingerprint density at radius 3 is 2.03 bits per heavy atom. The van der Waals surface area contributed by atoms with Crippen molar-refractivity contribution in [1.29, 1.82) is 0 Å². The van der Waals surface area contributed by atoms with Crippen LogP contribution in [0.2, 0.25) is 0 Å². The highest BCUT2D eigenvalue weighted by Gasteiger charge is 2.10. The molecular weight excluding hydrogens is 398 g/mol. The van der Waals surface area contributed by atoms with Crippen LogP contribution in [-0.4, -0.2) is 30.9 Å². The van der Waals surface area contributed by atoms with Crippen molar-refractivity contribution in [2.75, 3.05) is 18.5 Å². The van der Waals surface area contributed by atoms with Gasteiger partial charge in [-0.15, -0.1) is 0 Å². The second-order valence-electron chi connectivity index (χ2n) is 6.73. The van der Waals surface area contributed by atoms with Gasteiger partial charge < -0.3 is 14.8 Å². The number of benzene rings is 2. The molecule has 0 aromatic heterocycles. The predicted octanol–water partition coefficient (Wildman–Crippen LogP) is 3.44. The van der Waals surface area contributed by atoms with Gasteiger partial charge in [-0.1, -0.05) is 13.3 Å². The fraction of sp³-hybridized carbons (Fsp3) is 0.348. The van der Waals surface area contributed by atoms with E-state index in [0.717, 1.165) is 12.8 Å². The van der Waals surface area contributed by atoms with Gasteiger partial charge in [0.2, 0.25) is 11.8 Å². The number of carbonyl (C=O) groups is 3. The fourth-order valence-corrected chi connectivity index (χ4v) is 2.55. The maximum Gasteiger partial charge on any atom is 0.269 e. The maximum atomic E-state index is 12.1. The highest BCUT2D eigenvalue weighted by atomic mass is 16.5. The number of nitrogens with one attached hydrogen (secondary N) is 3. The van der Waals surface area contributed by atoms with Gasteiger partial charge >= 0.3 is 0 Å². The summed E-state index contributed by atoms with van der Waals surface area (Å²) in [5.74, 6) is 0.188. The molecule has 0 aliphatic heterocycles. The molecule has 0 bridgehead atoms. The van der Waals surface area contributed by atoms with Crippen molar-refractivity contribution in [3.05, 3.63) is 54.1 Å². The van der Waals surface area contributed by atoms with Crippen LogP contribution in [0.3, 0.4) is 0 Å². The average Bonchev–Trinajstić information content (AvgIpc) is 2.78. The van der Waals surface area contributed by atoms with Gasteiger partial charge in [-0.2, -0.15) is 0 Å². The zero-order valence-electron chi connectivity index (χ0n) is 17.9. The summed E-state index contributed by atoms with van der Waals surface area (Å²) in [6, 6.07) is 13.6.